The normalized spacial score (nSPS) is 19.4. The van der Waals surface area contributed by atoms with E-state index < -0.39 is 0 Å². The predicted molar refractivity (Wildman–Crippen MR) is 72.9 cm³/mol. The van der Waals surface area contributed by atoms with Crippen LogP contribution in [0.15, 0.2) is 29.4 Å². The lowest BCUT2D eigenvalue weighted by Crippen LogP contribution is -2.23. The summed E-state index contributed by atoms with van der Waals surface area (Å²) in [4.78, 5) is 2.50. The van der Waals surface area contributed by atoms with Crippen LogP contribution >= 0.6 is 23.6 Å². The molecule has 1 atom stereocenters. The van der Waals surface area contributed by atoms with Crippen molar-refractivity contribution in [1.82, 2.24) is 5.43 Å². The van der Waals surface area contributed by atoms with E-state index in [0.29, 0.717) is 5.92 Å². The van der Waals surface area contributed by atoms with Gasteiger partial charge in [0.15, 0.2) is 5.11 Å². The summed E-state index contributed by atoms with van der Waals surface area (Å²) in [5, 5.41) is 4.12. The molecular weight excluding hydrogens is 238 g/mol. The molecule has 0 radical (unpaired) electrons. The van der Waals surface area contributed by atoms with Gasteiger partial charge in [-0.15, -0.1) is 11.3 Å². The number of allylic oxidation sites excluding steroid dienone is 2. The van der Waals surface area contributed by atoms with Crippen molar-refractivity contribution in [3.63, 3.8) is 0 Å². The number of hydrogen-bond donors (Lipinski definition) is 2. The highest BCUT2D eigenvalue weighted by Crippen LogP contribution is 2.32. The van der Waals surface area contributed by atoms with Crippen molar-refractivity contribution in [3.05, 3.63) is 34.0 Å². The van der Waals surface area contributed by atoms with Gasteiger partial charge in [0.2, 0.25) is 0 Å². The molecule has 0 bridgehead atoms. The summed E-state index contributed by atoms with van der Waals surface area (Å²) in [6, 6.07) is 4.23. The van der Waals surface area contributed by atoms with E-state index in [0.717, 1.165) is 4.88 Å². The molecule has 1 aliphatic rings. The van der Waals surface area contributed by atoms with Crippen molar-refractivity contribution < 1.29 is 0 Å². The van der Waals surface area contributed by atoms with Crippen LogP contribution in [0.25, 0.3) is 0 Å². The Morgan fingerprint density at radius 3 is 3.19 bits per heavy atom. The third-order valence-corrected chi connectivity index (χ3v) is 3.64. The molecule has 3 nitrogen and oxygen atoms in total. The van der Waals surface area contributed by atoms with E-state index in [1.54, 1.807) is 17.6 Å². The zero-order valence-electron chi connectivity index (χ0n) is 8.72. The second kappa shape index (κ2) is 5.23. The van der Waals surface area contributed by atoms with Crippen LogP contribution in [-0.2, 0) is 0 Å². The number of nitrogens with two attached hydrogens (primary N) is 1. The van der Waals surface area contributed by atoms with Crippen LogP contribution in [0.2, 0.25) is 0 Å². The van der Waals surface area contributed by atoms with Crippen molar-refractivity contribution in [1.29, 1.82) is 0 Å². The molecule has 1 heterocycles. The fourth-order valence-electron chi connectivity index (χ4n) is 1.67. The Balaban J connectivity index is 1.99. The van der Waals surface area contributed by atoms with Gasteiger partial charge < -0.3 is 5.73 Å². The lowest BCUT2D eigenvalue weighted by atomic mass is 10.1. The SMILES string of the molecule is NC(=S)NN=Cc1ccc(C2C=CCC2)s1. The monoisotopic (exact) mass is 251 g/mol. The van der Waals surface area contributed by atoms with E-state index >= 15 is 0 Å². The third-order valence-electron chi connectivity index (χ3n) is 2.39. The standard InChI is InChI=1S/C11H13N3S2/c12-11(15)14-13-7-9-5-6-10(16-9)8-3-1-2-4-8/h1,3,5-8H,2,4H2,(H3,12,14,15). The number of thiophene rings is 1. The Morgan fingerprint density at radius 2 is 2.50 bits per heavy atom. The molecule has 0 aromatic carbocycles. The molecule has 1 unspecified atom stereocenters. The van der Waals surface area contributed by atoms with Gasteiger partial charge >= 0.3 is 0 Å². The number of hydrogen-bond acceptors (Lipinski definition) is 3. The lowest BCUT2D eigenvalue weighted by Gasteiger charge is -2.01. The van der Waals surface area contributed by atoms with Crippen LogP contribution in [0, 0.1) is 0 Å². The summed E-state index contributed by atoms with van der Waals surface area (Å²) in [6.07, 6.45) is 8.68. The first-order valence-electron chi connectivity index (χ1n) is 5.10. The van der Waals surface area contributed by atoms with E-state index in [1.165, 1.54) is 17.7 Å². The fourth-order valence-corrected chi connectivity index (χ4v) is 2.72. The minimum Gasteiger partial charge on any atom is -0.375 e. The molecule has 1 aromatic heterocycles. The van der Waals surface area contributed by atoms with Gasteiger partial charge in [0.05, 0.1) is 6.21 Å². The van der Waals surface area contributed by atoms with E-state index in [1.807, 2.05) is 0 Å². The van der Waals surface area contributed by atoms with Gasteiger partial charge in [0.1, 0.15) is 0 Å². The Bertz CT molecular complexity index is 434. The summed E-state index contributed by atoms with van der Waals surface area (Å²) in [7, 11) is 0. The summed E-state index contributed by atoms with van der Waals surface area (Å²) < 4.78 is 0. The van der Waals surface area contributed by atoms with Crippen LogP contribution in [-0.4, -0.2) is 11.3 Å². The maximum absolute atomic E-state index is 5.26. The summed E-state index contributed by atoms with van der Waals surface area (Å²) in [6.45, 7) is 0. The zero-order chi connectivity index (χ0) is 11.4. The highest BCUT2D eigenvalue weighted by molar-refractivity contribution is 7.80. The molecule has 0 fully saturated rings. The summed E-state index contributed by atoms with van der Waals surface area (Å²) in [5.41, 5.74) is 7.81. The highest BCUT2D eigenvalue weighted by Gasteiger charge is 2.13. The largest absolute Gasteiger partial charge is 0.375 e. The van der Waals surface area contributed by atoms with Gasteiger partial charge in [-0.25, -0.2) is 0 Å². The molecular formula is C11H13N3S2. The molecule has 0 saturated carbocycles. The predicted octanol–water partition coefficient (Wildman–Crippen LogP) is 2.35. The van der Waals surface area contributed by atoms with Gasteiger partial charge in [-0.2, -0.15) is 5.10 Å². The lowest BCUT2D eigenvalue weighted by molar-refractivity contribution is 0.815. The molecule has 1 aliphatic carbocycles. The molecule has 2 rings (SSSR count). The molecule has 3 N–H and O–H groups in total. The number of rotatable bonds is 3. The third kappa shape index (κ3) is 2.90. The summed E-state index contributed by atoms with van der Waals surface area (Å²) in [5.74, 6) is 0.593. The van der Waals surface area contributed by atoms with Crippen LogP contribution < -0.4 is 11.2 Å². The Labute approximate surface area is 104 Å². The highest BCUT2D eigenvalue weighted by atomic mass is 32.1. The van der Waals surface area contributed by atoms with Crippen molar-refractivity contribution in [2.75, 3.05) is 0 Å². The first-order chi connectivity index (χ1) is 7.75. The topological polar surface area (TPSA) is 50.4 Å². The number of thiocarbonyl (C=S) groups is 1. The minimum absolute atomic E-state index is 0.187. The molecule has 16 heavy (non-hydrogen) atoms. The van der Waals surface area contributed by atoms with E-state index in [-0.39, 0.29) is 5.11 Å². The molecule has 0 amide bonds. The molecule has 5 heteroatoms. The van der Waals surface area contributed by atoms with Gasteiger partial charge in [-0.05, 0) is 37.2 Å². The number of hydrazone groups is 1. The van der Waals surface area contributed by atoms with Gasteiger partial charge in [-0.3, -0.25) is 5.43 Å². The fraction of sp³-hybridized carbons (Fsp3) is 0.273. The first kappa shape index (κ1) is 11.3. The van der Waals surface area contributed by atoms with Crippen LogP contribution in [0.4, 0.5) is 0 Å². The maximum atomic E-state index is 5.26. The molecule has 0 saturated heterocycles. The van der Waals surface area contributed by atoms with Crippen LogP contribution in [0.3, 0.4) is 0 Å². The second-order valence-electron chi connectivity index (χ2n) is 3.59. The number of nitrogens with zero attached hydrogens (tertiary/aromatic N) is 1. The van der Waals surface area contributed by atoms with Gasteiger partial charge in [0, 0.05) is 15.7 Å². The quantitative estimate of drug-likeness (QED) is 0.375. The Kier molecular flexibility index (Phi) is 3.69. The average Bonchev–Trinajstić information content (AvgIpc) is 2.85. The van der Waals surface area contributed by atoms with Crippen molar-refractivity contribution in [2.45, 2.75) is 18.8 Å². The molecule has 1 aromatic rings. The Hall–Kier alpha value is -1.20. The molecule has 0 aliphatic heterocycles. The Morgan fingerprint density at radius 1 is 1.62 bits per heavy atom. The van der Waals surface area contributed by atoms with E-state index in [4.69, 9.17) is 5.73 Å². The average molecular weight is 251 g/mol. The van der Waals surface area contributed by atoms with Crippen molar-refractivity contribution in [3.8, 4) is 0 Å². The van der Waals surface area contributed by atoms with Crippen molar-refractivity contribution >= 4 is 34.9 Å². The van der Waals surface area contributed by atoms with Gasteiger partial charge in [-0.1, -0.05) is 12.2 Å². The molecule has 84 valence electrons. The minimum atomic E-state index is 0.187. The maximum Gasteiger partial charge on any atom is 0.184 e. The zero-order valence-corrected chi connectivity index (χ0v) is 10.4. The van der Waals surface area contributed by atoms with Gasteiger partial charge in [0.25, 0.3) is 0 Å². The van der Waals surface area contributed by atoms with Crippen molar-refractivity contribution in [2.24, 2.45) is 10.8 Å². The smallest absolute Gasteiger partial charge is 0.184 e. The molecule has 0 spiro atoms. The van der Waals surface area contributed by atoms with E-state index in [9.17, 15) is 0 Å². The van der Waals surface area contributed by atoms with Crippen LogP contribution in [0.1, 0.15) is 28.5 Å². The second-order valence-corrected chi connectivity index (χ2v) is 5.17. The van der Waals surface area contributed by atoms with E-state index in [2.05, 4.69) is 47.0 Å². The van der Waals surface area contributed by atoms with Crippen LogP contribution in [0.5, 0.6) is 0 Å². The number of nitrogens with one attached hydrogen (secondary N) is 1. The summed E-state index contributed by atoms with van der Waals surface area (Å²) >= 11 is 6.41. The first-order valence-corrected chi connectivity index (χ1v) is 6.33.